The number of carboxylic acids is 1. The zero-order valence-corrected chi connectivity index (χ0v) is 10.7. The van der Waals surface area contributed by atoms with E-state index in [2.05, 4.69) is 0 Å². The Labute approximate surface area is 108 Å². The van der Waals surface area contributed by atoms with E-state index in [4.69, 9.17) is 37.8 Å². The van der Waals surface area contributed by atoms with Crippen molar-refractivity contribution in [1.29, 1.82) is 0 Å². The first kappa shape index (κ1) is 12.5. The number of hydrogen-bond acceptors (Lipinski definition) is 3. The molecule has 2 rings (SSSR count). The molecule has 0 aromatic heterocycles. The van der Waals surface area contributed by atoms with Crippen LogP contribution in [0.1, 0.15) is 19.4 Å². The maximum Gasteiger partial charge on any atom is 0.395 e. The van der Waals surface area contributed by atoms with Crippen molar-refractivity contribution < 1.29 is 19.4 Å². The average Bonchev–Trinajstić information content (AvgIpc) is 2.18. The van der Waals surface area contributed by atoms with Crippen LogP contribution in [0.4, 0.5) is 0 Å². The van der Waals surface area contributed by atoms with Crippen LogP contribution in [0.2, 0.25) is 5.02 Å². The Morgan fingerprint density at radius 1 is 1.41 bits per heavy atom. The Bertz CT molecular complexity index is 486. The van der Waals surface area contributed by atoms with Crippen molar-refractivity contribution in [2.24, 2.45) is 0 Å². The van der Waals surface area contributed by atoms with Crippen LogP contribution in [0.3, 0.4) is 0 Å². The molecular formula is C11H10Cl2O4. The highest BCUT2D eigenvalue weighted by atomic mass is 35.5. The van der Waals surface area contributed by atoms with Gasteiger partial charge in [-0.15, -0.1) is 0 Å². The second-order valence-electron chi connectivity index (χ2n) is 4.20. The molecule has 1 atom stereocenters. The monoisotopic (exact) mass is 276 g/mol. The number of halogens is 2. The summed E-state index contributed by atoms with van der Waals surface area (Å²) >= 11 is 11.7. The van der Waals surface area contributed by atoms with E-state index >= 15 is 0 Å². The smallest absolute Gasteiger partial charge is 0.395 e. The Balaban J connectivity index is 2.55. The van der Waals surface area contributed by atoms with Gasteiger partial charge in [0.25, 0.3) is 0 Å². The van der Waals surface area contributed by atoms with E-state index in [1.165, 1.54) is 0 Å². The van der Waals surface area contributed by atoms with Gasteiger partial charge in [-0.05, 0) is 43.6 Å². The molecule has 1 aromatic carbocycles. The van der Waals surface area contributed by atoms with E-state index in [-0.39, 0.29) is 0 Å². The Hall–Kier alpha value is -0.970. The van der Waals surface area contributed by atoms with E-state index in [9.17, 15) is 4.79 Å². The number of rotatable bonds is 1. The zero-order chi connectivity index (χ0) is 12.8. The molecule has 1 aliphatic rings. The molecule has 6 heteroatoms. The summed E-state index contributed by atoms with van der Waals surface area (Å²) < 4.78 is 10.4. The molecule has 4 nitrogen and oxygen atoms in total. The van der Waals surface area contributed by atoms with Crippen LogP contribution in [-0.2, 0) is 15.1 Å². The fourth-order valence-electron chi connectivity index (χ4n) is 1.69. The molecule has 0 saturated carbocycles. The molecule has 0 amide bonds. The summed E-state index contributed by atoms with van der Waals surface area (Å²) in [7, 11) is 0. The van der Waals surface area contributed by atoms with Crippen LogP contribution < -0.4 is 4.74 Å². The second kappa shape index (κ2) is 3.77. The number of benzene rings is 1. The Morgan fingerprint density at radius 3 is 2.65 bits per heavy atom. The number of alkyl halides is 1. The van der Waals surface area contributed by atoms with Gasteiger partial charge in [-0.25, -0.2) is 4.79 Å². The summed E-state index contributed by atoms with van der Waals surface area (Å²) in [5, 5.41) is 7.31. The number of carbonyl (C=O) groups is 1. The fourth-order valence-corrected chi connectivity index (χ4v) is 2.14. The van der Waals surface area contributed by atoms with Crippen molar-refractivity contribution in [3.05, 3.63) is 28.8 Å². The summed E-state index contributed by atoms with van der Waals surface area (Å²) in [5.41, 5.74) is -0.249. The van der Waals surface area contributed by atoms with E-state index in [0.717, 1.165) is 0 Å². The van der Waals surface area contributed by atoms with Crippen molar-refractivity contribution in [1.82, 2.24) is 0 Å². The van der Waals surface area contributed by atoms with E-state index in [0.29, 0.717) is 16.3 Å². The molecule has 0 spiro atoms. The van der Waals surface area contributed by atoms with Gasteiger partial charge >= 0.3 is 11.2 Å². The predicted molar refractivity (Wildman–Crippen MR) is 62.4 cm³/mol. The molecule has 0 fully saturated rings. The molecular weight excluding hydrogens is 267 g/mol. The van der Waals surface area contributed by atoms with Gasteiger partial charge in [0, 0.05) is 10.6 Å². The SMILES string of the molecule is CC1(C)OC(Cl)(C(=O)O)Oc2ccc(Cl)cc21. The third-order valence-electron chi connectivity index (χ3n) is 2.47. The molecule has 92 valence electrons. The summed E-state index contributed by atoms with van der Waals surface area (Å²) in [6.45, 7) is 3.40. The number of ether oxygens (including phenoxy) is 2. The first-order valence-corrected chi connectivity index (χ1v) is 5.62. The molecule has 0 aliphatic carbocycles. The average molecular weight is 277 g/mol. The van der Waals surface area contributed by atoms with Gasteiger partial charge in [0.1, 0.15) is 5.75 Å². The van der Waals surface area contributed by atoms with Crippen LogP contribution >= 0.6 is 23.2 Å². The Kier molecular flexibility index (Phi) is 2.77. The summed E-state index contributed by atoms with van der Waals surface area (Å²) in [5.74, 6) is -1.05. The van der Waals surface area contributed by atoms with E-state index in [1.54, 1.807) is 32.0 Å². The van der Waals surface area contributed by atoms with Crippen LogP contribution in [0.5, 0.6) is 5.75 Å². The van der Waals surface area contributed by atoms with Crippen LogP contribution in [0.15, 0.2) is 18.2 Å². The first-order chi connectivity index (χ1) is 7.74. The lowest BCUT2D eigenvalue weighted by Crippen LogP contribution is -2.50. The molecule has 0 bridgehead atoms. The topological polar surface area (TPSA) is 55.8 Å². The fraction of sp³-hybridized carbons (Fsp3) is 0.364. The minimum Gasteiger partial charge on any atom is -0.475 e. The predicted octanol–water partition coefficient (Wildman–Crippen LogP) is 2.96. The molecule has 1 unspecified atom stereocenters. The van der Waals surface area contributed by atoms with Gasteiger partial charge in [0.2, 0.25) is 0 Å². The maximum absolute atomic E-state index is 11.0. The second-order valence-corrected chi connectivity index (χ2v) is 5.13. The summed E-state index contributed by atoms with van der Waals surface area (Å²) in [6, 6.07) is 4.83. The molecule has 1 aromatic rings. The van der Waals surface area contributed by atoms with Crippen molar-refractivity contribution >= 4 is 29.2 Å². The van der Waals surface area contributed by atoms with Crippen molar-refractivity contribution in [3.63, 3.8) is 0 Å². The number of fused-ring (bicyclic) bond motifs is 1. The van der Waals surface area contributed by atoms with Crippen LogP contribution in [0, 0.1) is 0 Å². The number of carboxylic acid groups (broad SMARTS) is 1. The highest BCUT2D eigenvalue weighted by Gasteiger charge is 2.51. The minimum atomic E-state index is -2.20. The van der Waals surface area contributed by atoms with Crippen LogP contribution in [0.25, 0.3) is 0 Å². The summed E-state index contributed by atoms with van der Waals surface area (Å²) in [6.07, 6.45) is 0. The summed E-state index contributed by atoms with van der Waals surface area (Å²) in [4.78, 5) is 11.0. The normalized spacial score (nSPS) is 25.9. The zero-order valence-electron chi connectivity index (χ0n) is 9.16. The molecule has 17 heavy (non-hydrogen) atoms. The van der Waals surface area contributed by atoms with Crippen LogP contribution in [-0.4, -0.2) is 16.3 Å². The first-order valence-electron chi connectivity index (χ1n) is 4.86. The number of aliphatic carboxylic acids is 1. The molecule has 0 radical (unpaired) electrons. The van der Waals surface area contributed by atoms with E-state index in [1.807, 2.05) is 0 Å². The third kappa shape index (κ3) is 2.08. The molecule has 1 aliphatic heterocycles. The molecule has 1 N–H and O–H groups in total. The standard InChI is InChI=1S/C11H10Cl2O4/c1-10(2)7-5-6(12)3-4-8(7)16-11(13,17-10)9(14)15/h3-5H,1-2H3,(H,14,15). The van der Waals surface area contributed by atoms with Gasteiger partial charge in [0.05, 0.1) is 5.60 Å². The molecule has 0 saturated heterocycles. The highest BCUT2D eigenvalue weighted by Crippen LogP contribution is 2.45. The van der Waals surface area contributed by atoms with E-state index < -0.39 is 16.8 Å². The highest BCUT2D eigenvalue weighted by molar-refractivity contribution is 6.32. The lowest BCUT2D eigenvalue weighted by atomic mass is 9.96. The van der Waals surface area contributed by atoms with Crippen molar-refractivity contribution in [2.75, 3.05) is 0 Å². The maximum atomic E-state index is 11.0. The van der Waals surface area contributed by atoms with Gasteiger partial charge < -0.3 is 14.6 Å². The van der Waals surface area contributed by atoms with Gasteiger partial charge in [-0.1, -0.05) is 11.6 Å². The van der Waals surface area contributed by atoms with Gasteiger partial charge in [-0.2, -0.15) is 0 Å². The largest absolute Gasteiger partial charge is 0.475 e. The lowest BCUT2D eigenvalue weighted by Gasteiger charge is -2.40. The quantitative estimate of drug-likeness (QED) is 0.802. The van der Waals surface area contributed by atoms with Crippen molar-refractivity contribution in [2.45, 2.75) is 24.7 Å². The third-order valence-corrected chi connectivity index (χ3v) is 3.02. The number of hydrogen-bond donors (Lipinski definition) is 1. The minimum absolute atomic E-state index is 0.350. The van der Waals surface area contributed by atoms with Gasteiger partial charge in [-0.3, -0.25) is 0 Å². The molecule has 1 heterocycles. The van der Waals surface area contributed by atoms with Crippen molar-refractivity contribution in [3.8, 4) is 5.75 Å². The lowest BCUT2D eigenvalue weighted by molar-refractivity contribution is -0.225. The Morgan fingerprint density at radius 2 is 2.06 bits per heavy atom. The van der Waals surface area contributed by atoms with Gasteiger partial charge in [0.15, 0.2) is 0 Å².